The van der Waals surface area contributed by atoms with Gasteiger partial charge in [-0.2, -0.15) is 5.10 Å². The average molecular weight is 402 g/mol. The Balaban J connectivity index is 1.57. The van der Waals surface area contributed by atoms with Crippen LogP contribution in [0.15, 0.2) is 71.5 Å². The van der Waals surface area contributed by atoms with E-state index < -0.39 is 6.03 Å². The highest BCUT2D eigenvalue weighted by Gasteiger charge is 2.10. The minimum atomic E-state index is -0.413. The molecule has 0 bridgehead atoms. The molecule has 150 valence electrons. The van der Waals surface area contributed by atoms with Crippen molar-refractivity contribution >= 4 is 28.2 Å². The summed E-state index contributed by atoms with van der Waals surface area (Å²) in [6, 6.07) is 18.3. The molecule has 0 fully saturated rings. The molecule has 0 aliphatic rings. The summed E-state index contributed by atoms with van der Waals surface area (Å²) in [6.45, 7) is 1.97. The summed E-state index contributed by atoms with van der Waals surface area (Å²) in [5.41, 5.74) is 3.23. The zero-order chi connectivity index (χ0) is 21.1. The molecule has 0 unspecified atom stereocenters. The van der Waals surface area contributed by atoms with Crippen molar-refractivity contribution in [1.82, 2.24) is 10.2 Å². The average Bonchev–Trinajstić information content (AvgIpc) is 2.72. The Morgan fingerprint density at radius 3 is 2.47 bits per heavy atom. The number of H-pyrrole nitrogens is 1. The van der Waals surface area contributed by atoms with E-state index in [1.807, 2.05) is 31.2 Å². The molecule has 0 radical (unpaired) electrons. The van der Waals surface area contributed by atoms with E-state index in [-0.39, 0.29) is 11.4 Å². The van der Waals surface area contributed by atoms with E-state index in [4.69, 9.17) is 0 Å². The summed E-state index contributed by atoms with van der Waals surface area (Å²) < 4.78 is 13.5. The van der Waals surface area contributed by atoms with Crippen molar-refractivity contribution in [1.29, 1.82) is 0 Å². The van der Waals surface area contributed by atoms with Crippen LogP contribution in [0.1, 0.15) is 16.8 Å². The Morgan fingerprint density at radius 1 is 0.967 bits per heavy atom. The number of aromatic amines is 1. The molecule has 4 rings (SSSR count). The first-order valence-electron chi connectivity index (χ1n) is 9.38. The largest absolute Gasteiger partial charge is 0.323 e. The van der Waals surface area contributed by atoms with Crippen molar-refractivity contribution in [2.75, 3.05) is 10.6 Å². The molecule has 0 saturated heterocycles. The van der Waals surface area contributed by atoms with Crippen LogP contribution in [0.25, 0.3) is 10.8 Å². The molecule has 7 heteroatoms. The lowest BCUT2D eigenvalue weighted by Gasteiger charge is -2.10. The topological polar surface area (TPSA) is 86.9 Å². The number of urea groups is 1. The first-order chi connectivity index (χ1) is 14.5. The Labute approximate surface area is 171 Å². The second-order valence-electron chi connectivity index (χ2n) is 7.01. The van der Waals surface area contributed by atoms with Gasteiger partial charge in [0, 0.05) is 23.2 Å². The fourth-order valence-corrected chi connectivity index (χ4v) is 3.21. The first-order valence-corrected chi connectivity index (χ1v) is 9.38. The lowest BCUT2D eigenvalue weighted by molar-refractivity contribution is 0.262. The first kappa shape index (κ1) is 19.3. The fraction of sp³-hybridized carbons (Fsp3) is 0.0870. The van der Waals surface area contributed by atoms with Gasteiger partial charge in [-0.3, -0.25) is 4.79 Å². The van der Waals surface area contributed by atoms with Crippen LogP contribution < -0.4 is 16.2 Å². The Kier molecular flexibility index (Phi) is 5.26. The minimum Gasteiger partial charge on any atom is -0.308 e. The van der Waals surface area contributed by atoms with Gasteiger partial charge in [0.25, 0.3) is 5.56 Å². The number of hydrogen-bond donors (Lipinski definition) is 3. The number of carbonyl (C=O) groups is 1. The number of carbonyl (C=O) groups excluding carboxylic acids is 1. The van der Waals surface area contributed by atoms with E-state index >= 15 is 0 Å². The molecule has 0 atom stereocenters. The van der Waals surface area contributed by atoms with Crippen LogP contribution >= 0.6 is 0 Å². The fourth-order valence-electron chi connectivity index (χ4n) is 3.21. The zero-order valence-electron chi connectivity index (χ0n) is 16.2. The Morgan fingerprint density at radius 2 is 1.70 bits per heavy atom. The minimum absolute atomic E-state index is 0.327. The Bertz CT molecular complexity index is 1280. The zero-order valence-corrected chi connectivity index (χ0v) is 16.2. The van der Waals surface area contributed by atoms with Crippen molar-refractivity contribution < 1.29 is 9.18 Å². The van der Waals surface area contributed by atoms with Gasteiger partial charge in [-0.15, -0.1) is 0 Å². The van der Waals surface area contributed by atoms with Crippen LogP contribution in [-0.4, -0.2) is 16.2 Å². The molecule has 3 N–H and O–H groups in total. The molecule has 0 saturated carbocycles. The van der Waals surface area contributed by atoms with Crippen molar-refractivity contribution in [3.63, 3.8) is 0 Å². The normalized spacial score (nSPS) is 10.7. The number of benzene rings is 3. The smallest absolute Gasteiger partial charge is 0.308 e. The highest BCUT2D eigenvalue weighted by atomic mass is 19.1. The number of rotatable bonds is 4. The number of fused-ring (bicyclic) bond motifs is 1. The summed E-state index contributed by atoms with van der Waals surface area (Å²) in [6.07, 6.45) is 0.367. The van der Waals surface area contributed by atoms with Gasteiger partial charge in [0.05, 0.1) is 11.1 Å². The molecule has 1 aromatic heterocycles. The van der Waals surface area contributed by atoms with E-state index in [9.17, 15) is 14.0 Å². The van der Waals surface area contributed by atoms with Gasteiger partial charge in [-0.05, 0) is 48.9 Å². The molecule has 0 spiro atoms. The predicted octanol–water partition coefficient (Wildman–Crippen LogP) is 4.61. The molecule has 3 aromatic carbocycles. The molecule has 1 heterocycles. The number of nitrogens with one attached hydrogen (secondary N) is 3. The second-order valence-corrected chi connectivity index (χ2v) is 7.01. The number of amides is 2. The van der Waals surface area contributed by atoms with Gasteiger partial charge >= 0.3 is 6.03 Å². The van der Waals surface area contributed by atoms with Gasteiger partial charge in [0.15, 0.2) is 0 Å². The summed E-state index contributed by atoms with van der Waals surface area (Å²) >= 11 is 0. The summed E-state index contributed by atoms with van der Waals surface area (Å²) in [4.78, 5) is 24.6. The highest BCUT2D eigenvalue weighted by molar-refractivity contribution is 6.01. The number of nitrogens with zero attached hydrogens (tertiary/aromatic N) is 1. The van der Waals surface area contributed by atoms with Crippen molar-refractivity contribution in [2.45, 2.75) is 13.3 Å². The third-order valence-electron chi connectivity index (χ3n) is 4.70. The standard InChI is InChI=1S/C23H19FN4O2/c1-14-5-7-17(8-6-14)25-23(30)26-18-9-10-19-20(13-18)22(29)28-27-21(19)12-15-3-2-4-16(24)11-15/h2-11,13H,12H2,1H3,(H,28,29)(H2,25,26,30). The summed E-state index contributed by atoms with van der Waals surface area (Å²) in [5.74, 6) is -0.327. The Hall–Kier alpha value is -4.00. The van der Waals surface area contributed by atoms with Gasteiger partial charge in [0.1, 0.15) is 5.82 Å². The molecule has 30 heavy (non-hydrogen) atoms. The SMILES string of the molecule is Cc1ccc(NC(=O)Nc2ccc3c(Cc4cccc(F)c4)n[nH]c(=O)c3c2)cc1. The highest BCUT2D eigenvalue weighted by Crippen LogP contribution is 2.21. The number of halogens is 1. The second kappa shape index (κ2) is 8.16. The van der Waals surface area contributed by atoms with E-state index in [2.05, 4.69) is 20.8 Å². The summed E-state index contributed by atoms with van der Waals surface area (Å²) in [5, 5.41) is 13.1. The molecule has 2 amide bonds. The molecule has 6 nitrogen and oxygen atoms in total. The van der Waals surface area contributed by atoms with Crippen LogP contribution in [0.3, 0.4) is 0 Å². The third-order valence-corrected chi connectivity index (χ3v) is 4.70. The number of aryl methyl sites for hydroxylation is 1. The number of hydrogen-bond acceptors (Lipinski definition) is 3. The van der Waals surface area contributed by atoms with Gasteiger partial charge in [0.2, 0.25) is 0 Å². The lowest BCUT2D eigenvalue weighted by atomic mass is 10.0. The van der Waals surface area contributed by atoms with E-state index in [1.165, 1.54) is 12.1 Å². The van der Waals surface area contributed by atoms with E-state index in [0.29, 0.717) is 34.3 Å². The number of anilines is 2. The summed E-state index contributed by atoms with van der Waals surface area (Å²) in [7, 11) is 0. The lowest BCUT2D eigenvalue weighted by Crippen LogP contribution is -2.19. The van der Waals surface area contributed by atoms with E-state index in [1.54, 1.807) is 30.3 Å². The maximum atomic E-state index is 13.5. The van der Waals surface area contributed by atoms with Crippen LogP contribution in [0, 0.1) is 12.7 Å². The van der Waals surface area contributed by atoms with Crippen LogP contribution in [0.4, 0.5) is 20.6 Å². The van der Waals surface area contributed by atoms with Crippen molar-refractivity contribution in [3.05, 3.63) is 99.7 Å². The maximum absolute atomic E-state index is 13.5. The number of aromatic nitrogens is 2. The monoisotopic (exact) mass is 402 g/mol. The third kappa shape index (κ3) is 4.35. The molecule has 4 aromatic rings. The quantitative estimate of drug-likeness (QED) is 0.466. The van der Waals surface area contributed by atoms with Crippen LogP contribution in [-0.2, 0) is 6.42 Å². The van der Waals surface area contributed by atoms with Crippen molar-refractivity contribution in [3.8, 4) is 0 Å². The molecule has 0 aliphatic heterocycles. The van der Waals surface area contributed by atoms with Gasteiger partial charge in [-0.1, -0.05) is 35.9 Å². The van der Waals surface area contributed by atoms with Gasteiger partial charge < -0.3 is 10.6 Å². The van der Waals surface area contributed by atoms with Crippen molar-refractivity contribution in [2.24, 2.45) is 0 Å². The predicted molar refractivity (Wildman–Crippen MR) is 115 cm³/mol. The van der Waals surface area contributed by atoms with E-state index in [0.717, 1.165) is 11.1 Å². The molecule has 0 aliphatic carbocycles. The maximum Gasteiger partial charge on any atom is 0.323 e. The molecular weight excluding hydrogens is 383 g/mol. The van der Waals surface area contributed by atoms with Gasteiger partial charge in [-0.25, -0.2) is 14.3 Å². The molecular formula is C23H19FN4O2. The van der Waals surface area contributed by atoms with Crippen LogP contribution in [0.5, 0.6) is 0 Å². The van der Waals surface area contributed by atoms with Crippen LogP contribution in [0.2, 0.25) is 0 Å².